The number of urea groups is 1. The lowest BCUT2D eigenvalue weighted by Gasteiger charge is -2.56. The summed E-state index contributed by atoms with van der Waals surface area (Å²) in [4.78, 5) is 154. The number of aryl methyl sites for hydroxylation is 2. The molecule has 2 saturated carbocycles. The Kier molecular flexibility index (Phi) is 44.6. The second kappa shape index (κ2) is 56.4. The number of primary amides is 1. The number of nitrogen functional groups attached to an aromatic ring is 1. The monoisotopic (exact) mass is 2000 g/mol. The van der Waals surface area contributed by atoms with Crippen molar-refractivity contribution in [1.82, 2.24) is 36.3 Å². The Bertz CT molecular complexity index is 5290. The highest BCUT2D eigenvalue weighted by Crippen LogP contribution is 2.60. The fraction of sp³-hybridized carbons (Fsp3) is 0.639. The maximum Gasteiger partial charge on any atom is 0.407 e. The predicted molar refractivity (Wildman–Crippen MR) is 539 cm³/mol. The van der Waals surface area contributed by atoms with E-state index in [-0.39, 0.29) is 201 Å². The van der Waals surface area contributed by atoms with Gasteiger partial charge >= 0.3 is 12.1 Å². The Balaban J connectivity index is 0.639. The van der Waals surface area contributed by atoms with Crippen LogP contribution in [0.15, 0.2) is 84.9 Å². The highest BCUT2D eigenvalue weighted by atomic mass is 32.2. The summed E-state index contributed by atoms with van der Waals surface area (Å²) in [5.74, 6) is 0.899. The average Bonchev–Trinajstić information content (AvgIpc) is 0.912. The number of carbonyl (C=O) groups excluding carboxylic acids is 11. The van der Waals surface area contributed by atoms with E-state index in [0.717, 1.165) is 122 Å². The number of amides is 8. The molecule has 11 rings (SSSR count). The van der Waals surface area contributed by atoms with Gasteiger partial charge in [-0.05, 0) is 208 Å². The van der Waals surface area contributed by atoms with Crippen LogP contribution in [0.4, 0.5) is 26.7 Å². The molecule has 6 aliphatic rings. The van der Waals surface area contributed by atoms with Crippen molar-refractivity contribution in [2.45, 2.75) is 270 Å². The van der Waals surface area contributed by atoms with Crippen molar-refractivity contribution in [3.8, 4) is 11.8 Å². The Morgan fingerprint density at radius 3 is 1.72 bits per heavy atom. The van der Waals surface area contributed by atoms with Gasteiger partial charge in [0.1, 0.15) is 24.0 Å². The number of alkyl carbamates (subject to hydrolysis) is 1. The third-order valence-electron chi connectivity index (χ3n) is 29.8. The molecule has 34 nitrogen and oxygen atoms in total. The minimum absolute atomic E-state index is 0.0116. The minimum atomic E-state index is -4.10. The number of anilines is 3. The zero-order valence-electron chi connectivity index (χ0n) is 84.7. The summed E-state index contributed by atoms with van der Waals surface area (Å²) in [5, 5.41) is 23.7. The molecule has 0 spiro atoms. The molecule has 1 aromatic heterocycles. The van der Waals surface area contributed by atoms with Gasteiger partial charge in [0.25, 0.3) is 10.1 Å². The zero-order chi connectivity index (χ0) is 102. The van der Waals surface area contributed by atoms with Crippen LogP contribution in [0, 0.1) is 52.3 Å². The van der Waals surface area contributed by atoms with Crippen molar-refractivity contribution in [2.75, 3.05) is 147 Å². The van der Waals surface area contributed by atoms with Crippen LogP contribution >= 0.6 is 0 Å². The predicted octanol–water partition coefficient (Wildman–Crippen LogP) is 12.9. The van der Waals surface area contributed by atoms with E-state index in [0.29, 0.717) is 122 Å². The topological polar surface area (TPSA) is 471 Å². The standard InChI is InChI=1S/C108H153N11O23S/c1-75(2)97(93(123)70-81(26-16-50-111-103(110)129)99(125)113-85-38-34-78-36-41-95-106(4,90(78)72-85)46-20-48-108(95,6)102(128)115-101(127)107(5)47-19-45-105(3)89-71-84(109)37-33-77(89)35-40-94(105)107)114-100(126)80(69-88(122)44-54-136-58-62-140-65-64-138-60-56-134-52-17-27-86(120)39-42-96(124)118-73-82-24-11-10-21-76(82)31-32-79-22-12-13-29-91(79)118)23-14-15-49-112-104(130)142-74-83-25-8-7-9-30-92-98(83)116-117-119(92)51-55-137-59-63-141-67-66-139-61-57-135-53-43-87(121)28-18-68-143(131,132)133/h10-13,21-22,24,29,33-34,37-38,71-72,75,80-81,83,94-95,97H,7-9,14-20,23,25-28,30,35-36,39-70,73-74,109H2,1-6H3,(H,112,130)(H,113,125)(H,114,126)(H3,110,111,129)(H,115,127,128)(H,131,132,133)/t80-,81+,83?,94+,95+,97-,105+,106+,107-,108-/m0/s1. The molecule has 1 aliphatic heterocycles. The first-order chi connectivity index (χ1) is 68.8. The number of nitrogens with two attached hydrogens (primary N) is 2. The number of unbranched alkanes of at least 4 members (excludes halogenated alkanes) is 1. The van der Waals surface area contributed by atoms with Crippen molar-refractivity contribution in [1.29, 1.82) is 0 Å². The van der Waals surface area contributed by atoms with E-state index >= 15 is 4.79 Å². The third-order valence-corrected chi connectivity index (χ3v) is 30.6. The van der Waals surface area contributed by atoms with Crippen LogP contribution in [-0.2, 0) is 139 Å². The molecule has 5 aromatic rings. The van der Waals surface area contributed by atoms with E-state index in [1.165, 1.54) is 11.1 Å². The molecule has 2 heterocycles. The molecule has 0 bridgehead atoms. The average molecular weight is 2010 g/mol. The van der Waals surface area contributed by atoms with Crippen molar-refractivity contribution < 1.29 is 108 Å². The Labute approximate surface area is 842 Å². The number of hydrogen-bond acceptors (Lipinski definition) is 25. The molecule has 784 valence electrons. The van der Waals surface area contributed by atoms with Crippen molar-refractivity contribution in [3.05, 3.63) is 135 Å². The molecular weight excluding hydrogens is 1850 g/mol. The Morgan fingerprint density at radius 2 is 1.08 bits per heavy atom. The summed E-state index contributed by atoms with van der Waals surface area (Å²) in [5.41, 5.74) is 20.2. The van der Waals surface area contributed by atoms with Crippen molar-refractivity contribution in [3.63, 3.8) is 0 Å². The van der Waals surface area contributed by atoms with Crippen LogP contribution in [0.5, 0.6) is 0 Å². The molecule has 5 aliphatic carbocycles. The molecule has 8 amide bonds. The molecule has 0 saturated heterocycles. The van der Waals surface area contributed by atoms with Crippen LogP contribution in [0.25, 0.3) is 0 Å². The number of imide groups is 1. The fourth-order valence-electron chi connectivity index (χ4n) is 21.9. The lowest BCUT2D eigenvalue weighted by molar-refractivity contribution is -0.150. The number of ether oxygens (including phenoxy) is 9. The summed E-state index contributed by atoms with van der Waals surface area (Å²) in [6.07, 6.45) is 13.5. The van der Waals surface area contributed by atoms with Gasteiger partial charge in [-0.2, -0.15) is 8.42 Å². The molecule has 2 fully saturated rings. The molecule has 0 radical (unpaired) electrons. The highest BCUT2D eigenvalue weighted by Gasteiger charge is 2.59. The number of carbonyl (C=O) groups is 11. The summed E-state index contributed by atoms with van der Waals surface area (Å²) in [6, 6.07) is 25.5. The molecule has 10 atom stereocenters. The lowest BCUT2D eigenvalue weighted by atomic mass is 9.49. The number of hydrogen-bond donors (Lipinski definition) is 8. The second-order valence-corrected chi connectivity index (χ2v) is 42.0. The summed E-state index contributed by atoms with van der Waals surface area (Å²) in [6.45, 7) is 17.8. The molecule has 10 N–H and O–H groups in total. The molecular formula is C108H153N11O23S. The maximum absolute atomic E-state index is 15.1. The van der Waals surface area contributed by atoms with E-state index in [9.17, 15) is 56.4 Å². The molecule has 4 aromatic carbocycles. The van der Waals surface area contributed by atoms with Gasteiger partial charge < -0.3 is 80.3 Å². The quantitative estimate of drug-likeness (QED) is 0.00589. The van der Waals surface area contributed by atoms with E-state index in [1.807, 2.05) is 91.3 Å². The van der Waals surface area contributed by atoms with E-state index in [1.54, 1.807) is 18.7 Å². The van der Waals surface area contributed by atoms with Crippen LogP contribution in [0.3, 0.4) is 0 Å². The van der Waals surface area contributed by atoms with Gasteiger partial charge in [0, 0.05) is 111 Å². The highest BCUT2D eigenvalue weighted by molar-refractivity contribution is 7.85. The van der Waals surface area contributed by atoms with E-state index < -0.39 is 85.6 Å². The number of para-hydroxylation sites is 1. The maximum atomic E-state index is 15.1. The van der Waals surface area contributed by atoms with Crippen molar-refractivity contribution in [2.24, 2.45) is 46.2 Å². The number of Topliss-reactive ketones (excluding diaryl/α,β-unsaturated/α-hetero) is 4. The molecule has 143 heavy (non-hydrogen) atoms. The minimum Gasteiger partial charge on any atom is -0.449 e. The number of aromatic nitrogens is 3. The van der Waals surface area contributed by atoms with Gasteiger partial charge in [-0.1, -0.05) is 133 Å². The van der Waals surface area contributed by atoms with Crippen molar-refractivity contribution >= 4 is 92.0 Å². The summed E-state index contributed by atoms with van der Waals surface area (Å²) >= 11 is 0. The zero-order valence-corrected chi connectivity index (χ0v) is 85.5. The van der Waals surface area contributed by atoms with E-state index in [4.69, 9.17) is 58.7 Å². The van der Waals surface area contributed by atoms with Crippen LogP contribution in [0.1, 0.15) is 271 Å². The van der Waals surface area contributed by atoms with Crippen LogP contribution in [0.2, 0.25) is 0 Å². The summed E-state index contributed by atoms with van der Waals surface area (Å²) < 4.78 is 83.7. The second-order valence-electron chi connectivity index (χ2n) is 40.4. The van der Waals surface area contributed by atoms with Gasteiger partial charge in [-0.15, -0.1) is 5.10 Å². The number of fused-ring (bicyclic) bond motifs is 9. The van der Waals surface area contributed by atoms with Gasteiger partial charge in [0.2, 0.25) is 29.5 Å². The smallest absolute Gasteiger partial charge is 0.407 e. The molecule has 1 unspecified atom stereocenters. The Hall–Kier alpha value is -10.3. The largest absolute Gasteiger partial charge is 0.449 e. The van der Waals surface area contributed by atoms with Crippen LogP contribution < -0.4 is 43.0 Å². The van der Waals surface area contributed by atoms with E-state index in [2.05, 4.69) is 74.7 Å². The first-order valence-electron chi connectivity index (χ1n) is 51.8. The number of benzene rings is 4. The first kappa shape index (κ1) is 113. The number of ketones is 4. The van der Waals surface area contributed by atoms with Gasteiger partial charge in [0.05, 0.1) is 152 Å². The number of nitrogens with zero attached hydrogens (tertiary/aromatic N) is 4. The molecule has 35 heteroatoms. The Morgan fingerprint density at radius 1 is 0.531 bits per heavy atom. The number of nitrogens with one attached hydrogen (secondary N) is 5. The SMILES string of the molecule is CC(C)[C@H](NC(=O)[C@@H](CCCCNC(=O)OCC1CCCCCc2c1nnn2CCOCCOCCOCCOCCC(=O)CCCS(=O)(=O)O)CC(=O)CCOCCOCCOCCOCCCC(=O)CCC(=O)N1Cc2ccccc2C#Cc2ccccc21)C(=O)C[C@@H](CCCNC(N)=O)C(=O)Nc1ccc2c(c1)[C@@]1(C)CCC[C@](C)(C(=O)NC(=O)[C@@]3(C)CCC[C@]4(C)c5cc(N)ccc5CC[C@@H]34)[C@@H]1CC2. The first-order valence-corrected chi connectivity index (χ1v) is 53.4. The summed E-state index contributed by atoms with van der Waals surface area (Å²) in [7, 11) is -4.10. The third kappa shape index (κ3) is 33.6. The van der Waals surface area contributed by atoms with Gasteiger partial charge in [0.15, 0.2) is 5.78 Å². The van der Waals surface area contributed by atoms with Gasteiger partial charge in [-0.25, -0.2) is 14.3 Å². The lowest BCUT2D eigenvalue weighted by Crippen LogP contribution is -2.60. The van der Waals surface area contributed by atoms with Crippen LogP contribution in [-0.4, -0.2) is 230 Å². The number of rotatable bonds is 61. The van der Waals surface area contributed by atoms with Gasteiger partial charge in [-0.3, -0.25) is 53.0 Å². The fourth-order valence-corrected chi connectivity index (χ4v) is 22.5. The normalized spacial score (nSPS) is 20.6.